The Morgan fingerprint density at radius 3 is 3.11 bits per heavy atom. The Hall–Kier alpha value is -1.26. The molecule has 1 aliphatic carbocycles. The minimum atomic E-state index is 0.320. The summed E-state index contributed by atoms with van der Waals surface area (Å²) in [4.78, 5) is 2.45. The lowest BCUT2D eigenvalue weighted by Crippen LogP contribution is -2.47. The molecule has 1 aliphatic heterocycles. The maximum atomic E-state index is 10.1. The predicted octanol–water partition coefficient (Wildman–Crippen LogP) is 2.15. The minimum absolute atomic E-state index is 0.320. The number of morpholine rings is 1. The maximum absolute atomic E-state index is 10.1. The molecular weight excluding hydrogens is 242 g/mol. The Labute approximate surface area is 113 Å². The third-order valence-corrected chi connectivity index (χ3v) is 4.26. The number of hydrogen-bond acceptors (Lipinski definition) is 4. The molecule has 4 heteroatoms. The van der Waals surface area contributed by atoms with Gasteiger partial charge in [-0.15, -0.1) is 0 Å². The van der Waals surface area contributed by atoms with Crippen molar-refractivity contribution < 1.29 is 14.6 Å². The number of aromatic hydroxyl groups is 1. The van der Waals surface area contributed by atoms with E-state index in [1.807, 2.05) is 12.1 Å². The van der Waals surface area contributed by atoms with Crippen LogP contribution in [0.3, 0.4) is 0 Å². The molecule has 0 amide bonds. The van der Waals surface area contributed by atoms with E-state index in [0.29, 0.717) is 23.6 Å². The van der Waals surface area contributed by atoms with Gasteiger partial charge in [0.2, 0.25) is 0 Å². The Bertz CT molecular complexity index is 449. The average molecular weight is 263 g/mol. The SMILES string of the molecule is COc1ccc(CN2CCOC3CCCC32)c(O)c1. The van der Waals surface area contributed by atoms with Crippen molar-refractivity contribution in [3.05, 3.63) is 23.8 Å². The van der Waals surface area contributed by atoms with Crippen LogP contribution in [-0.4, -0.2) is 42.4 Å². The van der Waals surface area contributed by atoms with E-state index in [0.717, 1.165) is 25.3 Å². The number of nitrogens with zero attached hydrogens (tertiary/aromatic N) is 1. The van der Waals surface area contributed by atoms with Gasteiger partial charge in [-0.25, -0.2) is 0 Å². The quantitative estimate of drug-likeness (QED) is 0.907. The zero-order valence-corrected chi connectivity index (χ0v) is 11.3. The molecule has 1 saturated heterocycles. The van der Waals surface area contributed by atoms with Gasteiger partial charge in [-0.05, 0) is 25.3 Å². The first-order valence-electron chi connectivity index (χ1n) is 6.99. The van der Waals surface area contributed by atoms with E-state index in [1.54, 1.807) is 13.2 Å². The molecule has 2 fully saturated rings. The number of rotatable bonds is 3. The van der Waals surface area contributed by atoms with Gasteiger partial charge in [0.1, 0.15) is 11.5 Å². The molecule has 1 aromatic carbocycles. The van der Waals surface area contributed by atoms with Crippen molar-refractivity contribution in [3.63, 3.8) is 0 Å². The average Bonchev–Trinajstić information content (AvgIpc) is 2.90. The lowest BCUT2D eigenvalue weighted by Gasteiger charge is -2.37. The molecule has 0 radical (unpaired) electrons. The van der Waals surface area contributed by atoms with Crippen LogP contribution in [0.25, 0.3) is 0 Å². The highest BCUT2D eigenvalue weighted by Crippen LogP contribution is 2.32. The molecule has 3 rings (SSSR count). The van der Waals surface area contributed by atoms with Gasteiger partial charge in [-0.1, -0.05) is 6.07 Å². The van der Waals surface area contributed by atoms with Gasteiger partial charge in [0, 0.05) is 30.8 Å². The van der Waals surface area contributed by atoms with Crippen molar-refractivity contribution in [3.8, 4) is 11.5 Å². The van der Waals surface area contributed by atoms with Crippen molar-refractivity contribution >= 4 is 0 Å². The summed E-state index contributed by atoms with van der Waals surface area (Å²) in [6, 6.07) is 6.06. The molecular formula is C15H21NO3. The zero-order chi connectivity index (χ0) is 13.2. The van der Waals surface area contributed by atoms with E-state index < -0.39 is 0 Å². The van der Waals surface area contributed by atoms with Gasteiger partial charge in [-0.2, -0.15) is 0 Å². The number of hydrogen-bond donors (Lipinski definition) is 1. The third-order valence-electron chi connectivity index (χ3n) is 4.26. The van der Waals surface area contributed by atoms with Gasteiger partial charge in [0.25, 0.3) is 0 Å². The highest BCUT2D eigenvalue weighted by atomic mass is 16.5. The van der Waals surface area contributed by atoms with Crippen LogP contribution >= 0.6 is 0 Å². The fourth-order valence-electron chi connectivity index (χ4n) is 3.23. The standard InChI is InChI=1S/C15H21NO3/c1-18-12-6-5-11(14(17)9-12)10-16-7-8-19-15-4-2-3-13(15)16/h5-6,9,13,15,17H,2-4,7-8,10H2,1H3. The molecule has 1 aromatic rings. The van der Waals surface area contributed by atoms with Crippen molar-refractivity contribution in [2.24, 2.45) is 0 Å². The summed E-state index contributed by atoms with van der Waals surface area (Å²) in [6.45, 7) is 2.55. The van der Waals surface area contributed by atoms with Crippen LogP contribution in [0, 0.1) is 0 Å². The first kappa shape index (κ1) is 12.8. The Balaban J connectivity index is 1.73. The minimum Gasteiger partial charge on any atom is -0.507 e. The molecule has 104 valence electrons. The summed E-state index contributed by atoms with van der Waals surface area (Å²) in [5.74, 6) is 1.02. The van der Waals surface area contributed by atoms with Gasteiger partial charge in [0.05, 0.1) is 19.8 Å². The van der Waals surface area contributed by atoms with Crippen molar-refractivity contribution in [2.45, 2.75) is 38.0 Å². The number of fused-ring (bicyclic) bond motifs is 1. The van der Waals surface area contributed by atoms with Gasteiger partial charge >= 0.3 is 0 Å². The summed E-state index contributed by atoms with van der Waals surface area (Å²) >= 11 is 0. The van der Waals surface area contributed by atoms with Gasteiger partial charge in [0.15, 0.2) is 0 Å². The van der Waals surface area contributed by atoms with Crippen LogP contribution in [0.5, 0.6) is 11.5 Å². The van der Waals surface area contributed by atoms with E-state index in [-0.39, 0.29) is 0 Å². The van der Waals surface area contributed by atoms with Crippen molar-refractivity contribution in [1.82, 2.24) is 4.90 Å². The molecule has 2 atom stereocenters. The number of methoxy groups -OCH3 is 1. The number of phenols is 1. The second kappa shape index (κ2) is 5.39. The lowest BCUT2D eigenvalue weighted by molar-refractivity contribution is -0.0590. The summed E-state index contributed by atoms with van der Waals surface area (Å²) in [7, 11) is 1.61. The fraction of sp³-hybridized carbons (Fsp3) is 0.600. The van der Waals surface area contributed by atoms with Crippen LogP contribution in [0.15, 0.2) is 18.2 Å². The number of benzene rings is 1. The zero-order valence-electron chi connectivity index (χ0n) is 11.3. The number of phenolic OH excluding ortho intramolecular Hbond substituents is 1. The van der Waals surface area contributed by atoms with Crippen molar-refractivity contribution in [1.29, 1.82) is 0 Å². The molecule has 4 nitrogen and oxygen atoms in total. The molecule has 0 aromatic heterocycles. The molecule has 0 spiro atoms. The van der Waals surface area contributed by atoms with E-state index in [1.165, 1.54) is 19.3 Å². The first-order chi connectivity index (χ1) is 9.28. The normalized spacial score (nSPS) is 27.2. The van der Waals surface area contributed by atoms with Crippen LogP contribution in [-0.2, 0) is 11.3 Å². The fourth-order valence-corrected chi connectivity index (χ4v) is 3.23. The highest BCUT2D eigenvalue weighted by Gasteiger charge is 2.36. The largest absolute Gasteiger partial charge is 0.507 e. The monoisotopic (exact) mass is 263 g/mol. The Morgan fingerprint density at radius 1 is 1.42 bits per heavy atom. The molecule has 1 heterocycles. The molecule has 1 N–H and O–H groups in total. The second-order valence-electron chi connectivity index (χ2n) is 5.37. The van der Waals surface area contributed by atoms with Crippen LogP contribution < -0.4 is 4.74 Å². The highest BCUT2D eigenvalue weighted by molar-refractivity contribution is 5.39. The molecule has 19 heavy (non-hydrogen) atoms. The van der Waals surface area contributed by atoms with Crippen molar-refractivity contribution in [2.75, 3.05) is 20.3 Å². The first-order valence-corrected chi connectivity index (χ1v) is 6.99. The number of ether oxygens (including phenoxy) is 2. The maximum Gasteiger partial charge on any atom is 0.123 e. The van der Waals surface area contributed by atoms with E-state index in [2.05, 4.69) is 4.90 Å². The molecule has 2 aliphatic rings. The van der Waals surface area contributed by atoms with E-state index >= 15 is 0 Å². The molecule has 0 bridgehead atoms. The second-order valence-corrected chi connectivity index (χ2v) is 5.37. The van der Waals surface area contributed by atoms with Gasteiger partial charge in [-0.3, -0.25) is 4.90 Å². The lowest BCUT2D eigenvalue weighted by atomic mass is 10.1. The van der Waals surface area contributed by atoms with Crippen LogP contribution in [0.1, 0.15) is 24.8 Å². The third kappa shape index (κ3) is 2.55. The summed E-state index contributed by atoms with van der Waals surface area (Å²) in [5.41, 5.74) is 0.966. The van der Waals surface area contributed by atoms with Gasteiger partial charge < -0.3 is 14.6 Å². The van der Waals surface area contributed by atoms with E-state index in [4.69, 9.17) is 9.47 Å². The smallest absolute Gasteiger partial charge is 0.123 e. The topological polar surface area (TPSA) is 41.9 Å². The summed E-state index contributed by atoms with van der Waals surface area (Å²) in [5, 5.41) is 10.1. The summed E-state index contributed by atoms with van der Waals surface area (Å²) in [6.07, 6.45) is 4.03. The Morgan fingerprint density at radius 2 is 2.32 bits per heavy atom. The summed E-state index contributed by atoms with van der Waals surface area (Å²) < 4.78 is 10.9. The molecule has 1 saturated carbocycles. The molecule has 2 unspecified atom stereocenters. The Kier molecular flexibility index (Phi) is 3.62. The predicted molar refractivity (Wildman–Crippen MR) is 72.4 cm³/mol. The van der Waals surface area contributed by atoms with Crippen LogP contribution in [0.2, 0.25) is 0 Å². The van der Waals surface area contributed by atoms with E-state index in [9.17, 15) is 5.11 Å². The van der Waals surface area contributed by atoms with Crippen LogP contribution in [0.4, 0.5) is 0 Å².